The monoisotopic (exact) mass is 182 g/mol. The van der Waals surface area contributed by atoms with Gasteiger partial charge in [0, 0.05) is 18.0 Å². The first-order valence-electron chi connectivity index (χ1n) is 3.61. The molecule has 5 nitrogen and oxygen atoms in total. The van der Waals surface area contributed by atoms with Gasteiger partial charge >= 0.3 is 6.09 Å². The first-order valence-corrected chi connectivity index (χ1v) is 3.61. The van der Waals surface area contributed by atoms with Crippen molar-refractivity contribution in [1.29, 1.82) is 0 Å². The van der Waals surface area contributed by atoms with Crippen LogP contribution in [0, 0.1) is 0 Å². The Morgan fingerprint density at radius 3 is 2.92 bits per heavy atom. The zero-order valence-electron chi connectivity index (χ0n) is 7.07. The number of primary amides is 1. The summed E-state index contributed by atoms with van der Waals surface area (Å²) in [6.07, 6.45) is 3.29. The van der Waals surface area contributed by atoms with Crippen LogP contribution in [0.4, 0.5) is 4.79 Å². The van der Waals surface area contributed by atoms with Gasteiger partial charge in [0.2, 0.25) is 0 Å². The number of aliphatic hydroxyl groups is 1. The van der Waals surface area contributed by atoms with E-state index in [0.717, 1.165) is 5.70 Å². The highest BCUT2D eigenvalue weighted by atomic mass is 16.5. The lowest BCUT2D eigenvalue weighted by Gasteiger charge is -2.00. The van der Waals surface area contributed by atoms with E-state index in [4.69, 9.17) is 5.73 Å². The number of amides is 1. The number of nitrogens with two attached hydrogens (primary N) is 1. The van der Waals surface area contributed by atoms with Gasteiger partial charge in [-0.05, 0) is 13.0 Å². The van der Waals surface area contributed by atoms with Gasteiger partial charge in [-0.15, -0.1) is 0 Å². The van der Waals surface area contributed by atoms with Crippen molar-refractivity contribution in [1.82, 2.24) is 5.32 Å². The number of hydrogen-bond acceptors (Lipinski definition) is 4. The molecule has 1 aliphatic heterocycles. The molecule has 0 aromatic rings. The number of carbonyl (C=O) groups excluding carboxylic acids is 1. The molecule has 0 atom stereocenters. The smallest absolute Gasteiger partial charge is 0.410 e. The van der Waals surface area contributed by atoms with Crippen LogP contribution in [-0.4, -0.2) is 11.2 Å². The Labute approximate surface area is 75.2 Å². The van der Waals surface area contributed by atoms with Crippen LogP contribution in [0.3, 0.4) is 0 Å². The maximum atomic E-state index is 10.4. The first-order chi connectivity index (χ1) is 6.08. The second-order valence-electron chi connectivity index (χ2n) is 2.51. The molecule has 0 aromatic carbocycles. The number of aliphatic hydroxyl groups excluding tert-OH is 1. The Balaban J connectivity index is 2.79. The Morgan fingerprint density at radius 2 is 2.31 bits per heavy atom. The molecule has 5 heteroatoms. The quantitative estimate of drug-likeness (QED) is 0.561. The van der Waals surface area contributed by atoms with E-state index in [2.05, 4.69) is 10.1 Å². The number of hydrogen-bond donors (Lipinski definition) is 3. The highest BCUT2D eigenvalue weighted by molar-refractivity contribution is 5.66. The average molecular weight is 182 g/mol. The van der Waals surface area contributed by atoms with E-state index in [0.29, 0.717) is 0 Å². The molecule has 0 aromatic heterocycles. The number of carbonyl (C=O) groups is 1. The van der Waals surface area contributed by atoms with Crippen molar-refractivity contribution in [2.75, 3.05) is 0 Å². The fourth-order valence-corrected chi connectivity index (χ4v) is 0.853. The molecule has 0 bridgehead atoms. The number of rotatable bonds is 1. The topological polar surface area (TPSA) is 84.6 Å². The minimum absolute atomic E-state index is 0.00463. The van der Waals surface area contributed by atoms with Crippen LogP contribution < -0.4 is 11.1 Å². The lowest BCUT2D eigenvalue weighted by molar-refractivity contribution is 0.189. The predicted octanol–water partition coefficient (Wildman–Crippen LogP) is 0.872. The third-order valence-electron chi connectivity index (χ3n) is 1.32. The fourth-order valence-electron chi connectivity index (χ4n) is 0.853. The molecule has 0 saturated heterocycles. The van der Waals surface area contributed by atoms with Gasteiger partial charge in [-0.25, -0.2) is 4.79 Å². The van der Waals surface area contributed by atoms with Crippen molar-refractivity contribution in [3.05, 3.63) is 35.6 Å². The molecule has 1 heterocycles. The molecule has 1 rings (SSSR count). The van der Waals surface area contributed by atoms with Gasteiger partial charge in [-0.3, -0.25) is 0 Å². The summed E-state index contributed by atoms with van der Waals surface area (Å²) in [5.74, 6) is 0.160. The van der Waals surface area contributed by atoms with Crippen LogP contribution in [-0.2, 0) is 4.74 Å². The predicted molar refractivity (Wildman–Crippen MR) is 46.4 cm³/mol. The summed E-state index contributed by atoms with van der Waals surface area (Å²) >= 11 is 0. The standard InChI is InChI=1S/C8H10N2O3/c1-5-2-6(11)3-7(4-10-5)13-8(9)12/h2-4,10-11H,1H3,(H2,9,12). The maximum Gasteiger partial charge on any atom is 0.410 e. The summed E-state index contributed by atoms with van der Waals surface area (Å²) in [6.45, 7) is 1.76. The van der Waals surface area contributed by atoms with E-state index >= 15 is 0 Å². The van der Waals surface area contributed by atoms with Crippen LogP contribution in [0.2, 0.25) is 0 Å². The van der Waals surface area contributed by atoms with Gasteiger partial charge in [-0.2, -0.15) is 0 Å². The van der Waals surface area contributed by atoms with Crippen molar-refractivity contribution >= 4 is 6.09 Å². The molecule has 0 radical (unpaired) electrons. The van der Waals surface area contributed by atoms with Crippen molar-refractivity contribution in [2.24, 2.45) is 5.73 Å². The molecule has 4 N–H and O–H groups in total. The third kappa shape index (κ3) is 2.90. The summed E-state index contributed by atoms with van der Waals surface area (Å²) in [5.41, 5.74) is 5.53. The van der Waals surface area contributed by atoms with Crippen molar-refractivity contribution < 1.29 is 14.6 Å². The van der Waals surface area contributed by atoms with Crippen LogP contribution in [0.1, 0.15) is 6.92 Å². The SMILES string of the molecule is CC1=CC(O)=CC(OC(N)=O)=CN1. The molecule has 1 amide bonds. The lowest BCUT2D eigenvalue weighted by Crippen LogP contribution is -2.13. The Bertz CT molecular complexity index is 315. The summed E-state index contributed by atoms with van der Waals surface area (Å²) in [4.78, 5) is 10.4. The van der Waals surface area contributed by atoms with Crippen molar-refractivity contribution in [3.8, 4) is 0 Å². The van der Waals surface area contributed by atoms with Gasteiger partial charge in [0.25, 0.3) is 0 Å². The summed E-state index contributed by atoms with van der Waals surface area (Å²) in [6, 6.07) is 0. The summed E-state index contributed by atoms with van der Waals surface area (Å²) in [5, 5.41) is 12.0. The molecular weight excluding hydrogens is 172 g/mol. The van der Waals surface area contributed by atoms with Gasteiger partial charge in [0.1, 0.15) is 5.76 Å². The van der Waals surface area contributed by atoms with Gasteiger partial charge < -0.3 is 20.9 Å². The highest BCUT2D eigenvalue weighted by Gasteiger charge is 2.04. The van der Waals surface area contributed by atoms with E-state index in [1.807, 2.05) is 0 Å². The van der Waals surface area contributed by atoms with Crippen LogP contribution in [0.5, 0.6) is 0 Å². The maximum absolute atomic E-state index is 10.4. The molecule has 0 fully saturated rings. The zero-order valence-corrected chi connectivity index (χ0v) is 7.07. The van der Waals surface area contributed by atoms with Crippen molar-refractivity contribution in [2.45, 2.75) is 6.92 Å². The van der Waals surface area contributed by atoms with E-state index in [1.54, 1.807) is 6.92 Å². The number of ether oxygens (including phenoxy) is 1. The minimum atomic E-state index is -0.920. The van der Waals surface area contributed by atoms with E-state index in [9.17, 15) is 9.90 Å². The molecule has 0 spiro atoms. The second-order valence-corrected chi connectivity index (χ2v) is 2.51. The Kier molecular flexibility index (Phi) is 2.59. The third-order valence-corrected chi connectivity index (χ3v) is 1.32. The van der Waals surface area contributed by atoms with E-state index in [-0.39, 0.29) is 11.5 Å². The normalized spacial score (nSPS) is 15.9. The van der Waals surface area contributed by atoms with Crippen molar-refractivity contribution in [3.63, 3.8) is 0 Å². The zero-order chi connectivity index (χ0) is 9.84. The van der Waals surface area contributed by atoms with Gasteiger partial charge in [-0.1, -0.05) is 0 Å². The first kappa shape index (κ1) is 9.18. The Hall–Kier alpha value is -1.91. The van der Waals surface area contributed by atoms with E-state index in [1.165, 1.54) is 18.4 Å². The van der Waals surface area contributed by atoms with Gasteiger partial charge in [0.15, 0.2) is 5.76 Å². The summed E-state index contributed by atoms with van der Waals surface area (Å²) in [7, 11) is 0. The molecule has 13 heavy (non-hydrogen) atoms. The number of nitrogens with one attached hydrogen (secondary N) is 1. The average Bonchev–Trinajstić information content (AvgIpc) is 2.11. The molecular formula is C8H10N2O3. The number of allylic oxidation sites excluding steroid dienone is 3. The highest BCUT2D eigenvalue weighted by Crippen LogP contribution is 2.08. The Morgan fingerprint density at radius 1 is 1.62 bits per heavy atom. The van der Waals surface area contributed by atoms with Crippen LogP contribution in [0.25, 0.3) is 0 Å². The molecule has 0 unspecified atom stereocenters. The van der Waals surface area contributed by atoms with Gasteiger partial charge in [0.05, 0.1) is 0 Å². The molecule has 1 aliphatic rings. The second kappa shape index (κ2) is 3.66. The lowest BCUT2D eigenvalue weighted by atomic mass is 10.3. The minimum Gasteiger partial charge on any atom is -0.508 e. The molecule has 0 saturated carbocycles. The molecule has 0 aliphatic carbocycles. The van der Waals surface area contributed by atoms with E-state index < -0.39 is 6.09 Å². The van der Waals surface area contributed by atoms with Crippen LogP contribution in [0.15, 0.2) is 35.6 Å². The summed E-state index contributed by atoms with van der Waals surface area (Å²) < 4.78 is 4.56. The largest absolute Gasteiger partial charge is 0.508 e. The molecule has 70 valence electrons. The van der Waals surface area contributed by atoms with Crippen LogP contribution >= 0.6 is 0 Å². The fraction of sp³-hybridized carbons (Fsp3) is 0.125.